The van der Waals surface area contributed by atoms with E-state index in [0.717, 1.165) is 29.0 Å². The van der Waals surface area contributed by atoms with Crippen molar-refractivity contribution < 1.29 is 27.4 Å². The van der Waals surface area contributed by atoms with E-state index in [9.17, 15) is 18.0 Å². The molecule has 0 spiro atoms. The molecule has 0 saturated carbocycles. The number of ether oxygens (including phenoxy) is 2. The first-order valence-electron chi connectivity index (χ1n) is 12.4. The first-order chi connectivity index (χ1) is 18.6. The molecule has 1 unspecified atom stereocenters. The van der Waals surface area contributed by atoms with Crippen LogP contribution in [0, 0.1) is 17.5 Å². The molecular formula is C28H42F3N3O3S2. The quantitative estimate of drug-likeness (QED) is 0.204. The fraction of sp³-hybridized carbons (Fsp3) is 0.464. The predicted octanol–water partition coefficient (Wildman–Crippen LogP) is 6.63. The third-order valence-corrected chi connectivity index (χ3v) is 6.54. The van der Waals surface area contributed by atoms with Crippen LogP contribution < -0.4 is 10.0 Å². The molecule has 0 radical (unpaired) electrons. The standard InChI is InChI=1S/C13H16F2N2O3S.C7H7FS.C6H15N.C2H4/c1-13(7-19-3-4-20-13)12(18)17-21-8-5-9(14)11(16-2)10(15)6-8;1-9-7-4-2-6(8)3-5-7;1-4-5-6-7(2)3;1-2/h5-6,16H,3-4,7H2,1-2H3,(H,17,18);2-5H,1H3;4-6H2,1-3H3;1-2H2. The highest BCUT2D eigenvalue weighted by Crippen LogP contribution is 2.26. The number of rotatable bonds is 8. The second kappa shape index (κ2) is 20.7. The van der Waals surface area contributed by atoms with Gasteiger partial charge in [-0.15, -0.1) is 24.9 Å². The largest absolute Gasteiger partial charge is 0.383 e. The van der Waals surface area contributed by atoms with Crippen LogP contribution in [-0.4, -0.2) is 70.2 Å². The second-order valence-corrected chi connectivity index (χ2v) is 10.3. The molecule has 39 heavy (non-hydrogen) atoms. The molecule has 1 aliphatic heterocycles. The smallest absolute Gasteiger partial charge is 0.264 e. The molecule has 220 valence electrons. The van der Waals surface area contributed by atoms with Crippen molar-refractivity contribution in [3.05, 3.63) is 67.0 Å². The van der Waals surface area contributed by atoms with Crippen LogP contribution >= 0.6 is 23.7 Å². The van der Waals surface area contributed by atoms with Crippen molar-refractivity contribution in [2.24, 2.45) is 0 Å². The van der Waals surface area contributed by atoms with Gasteiger partial charge in [0, 0.05) is 16.8 Å². The number of amides is 1. The summed E-state index contributed by atoms with van der Waals surface area (Å²) in [5.74, 6) is -2.03. The Morgan fingerprint density at radius 2 is 1.67 bits per heavy atom. The second-order valence-electron chi connectivity index (χ2n) is 8.49. The lowest BCUT2D eigenvalue weighted by Crippen LogP contribution is -2.51. The van der Waals surface area contributed by atoms with Gasteiger partial charge >= 0.3 is 0 Å². The Morgan fingerprint density at radius 3 is 2.08 bits per heavy atom. The number of benzene rings is 2. The van der Waals surface area contributed by atoms with Crippen LogP contribution in [0.15, 0.2) is 59.3 Å². The molecule has 1 saturated heterocycles. The van der Waals surface area contributed by atoms with Gasteiger partial charge in [0.1, 0.15) is 23.1 Å². The first kappa shape index (κ1) is 36.8. The number of nitrogens with one attached hydrogen (secondary N) is 2. The summed E-state index contributed by atoms with van der Waals surface area (Å²) in [5, 5.41) is 2.43. The average Bonchev–Trinajstić information content (AvgIpc) is 2.93. The van der Waals surface area contributed by atoms with Gasteiger partial charge in [0.15, 0.2) is 5.60 Å². The van der Waals surface area contributed by atoms with E-state index in [-0.39, 0.29) is 23.0 Å². The van der Waals surface area contributed by atoms with Gasteiger partial charge in [-0.25, -0.2) is 13.2 Å². The molecule has 2 aromatic carbocycles. The third kappa shape index (κ3) is 14.7. The Labute approximate surface area is 240 Å². The number of carbonyl (C=O) groups is 1. The Hall–Kier alpha value is -2.18. The van der Waals surface area contributed by atoms with Gasteiger partial charge in [0.2, 0.25) is 0 Å². The van der Waals surface area contributed by atoms with Crippen LogP contribution in [0.25, 0.3) is 0 Å². The molecule has 2 N–H and O–H groups in total. The summed E-state index contributed by atoms with van der Waals surface area (Å²) in [4.78, 5) is 15.6. The van der Waals surface area contributed by atoms with Crippen LogP contribution in [0.5, 0.6) is 0 Å². The Balaban J connectivity index is 0.000000660. The van der Waals surface area contributed by atoms with Gasteiger partial charge in [-0.2, -0.15) is 0 Å². The molecule has 1 aliphatic rings. The monoisotopic (exact) mass is 589 g/mol. The molecule has 0 bridgehead atoms. The number of thioether (sulfide) groups is 1. The topological polar surface area (TPSA) is 62.8 Å². The van der Waals surface area contributed by atoms with Gasteiger partial charge < -0.3 is 19.7 Å². The first-order valence-corrected chi connectivity index (χ1v) is 14.4. The Kier molecular flexibility index (Phi) is 19.5. The summed E-state index contributed by atoms with van der Waals surface area (Å²) >= 11 is 2.44. The van der Waals surface area contributed by atoms with E-state index in [1.54, 1.807) is 30.8 Å². The molecule has 3 rings (SSSR count). The van der Waals surface area contributed by atoms with Crippen molar-refractivity contribution >= 4 is 35.3 Å². The lowest BCUT2D eigenvalue weighted by atomic mass is 10.1. The number of carbonyl (C=O) groups excluding carboxylic acids is 1. The SMILES string of the molecule is C=C.CCCCN(C)C.CNc1c(F)cc(SNC(=O)C2(C)COCCO2)cc1F.CSc1ccc(F)cc1. The zero-order chi connectivity index (χ0) is 29.8. The van der Waals surface area contributed by atoms with E-state index in [4.69, 9.17) is 9.47 Å². The van der Waals surface area contributed by atoms with Gasteiger partial charge in [-0.3, -0.25) is 9.52 Å². The summed E-state index contributed by atoms with van der Waals surface area (Å²) in [6, 6.07) is 8.73. The summed E-state index contributed by atoms with van der Waals surface area (Å²) in [6.45, 7) is 12.0. The number of unbranched alkanes of at least 4 members (excludes halogenated alkanes) is 1. The maximum atomic E-state index is 13.6. The molecule has 0 aliphatic carbocycles. The molecular weight excluding hydrogens is 547 g/mol. The summed E-state index contributed by atoms with van der Waals surface area (Å²) in [6.07, 6.45) is 4.60. The fourth-order valence-electron chi connectivity index (χ4n) is 2.87. The van der Waals surface area contributed by atoms with Gasteiger partial charge in [0.05, 0.1) is 19.8 Å². The third-order valence-electron chi connectivity index (χ3n) is 5.04. The Bertz CT molecular complexity index is 938. The zero-order valence-corrected chi connectivity index (χ0v) is 25.4. The van der Waals surface area contributed by atoms with Crippen LogP contribution in [0.4, 0.5) is 18.9 Å². The van der Waals surface area contributed by atoms with E-state index in [1.165, 1.54) is 38.6 Å². The number of nitrogens with zero attached hydrogens (tertiary/aromatic N) is 1. The number of hydrogen-bond acceptors (Lipinski definition) is 7. The molecule has 1 atom stereocenters. The van der Waals surface area contributed by atoms with Crippen LogP contribution in [-0.2, 0) is 14.3 Å². The average molecular weight is 590 g/mol. The fourth-order valence-corrected chi connectivity index (χ4v) is 4.03. The van der Waals surface area contributed by atoms with E-state index in [1.807, 2.05) is 6.26 Å². The van der Waals surface area contributed by atoms with Crippen LogP contribution in [0.3, 0.4) is 0 Å². The summed E-state index contributed by atoms with van der Waals surface area (Å²) < 4.78 is 52.5. The minimum Gasteiger partial charge on any atom is -0.383 e. The molecule has 2 aromatic rings. The van der Waals surface area contributed by atoms with Gasteiger partial charge in [0.25, 0.3) is 5.91 Å². The molecule has 1 fully saturated rings. The highest BCUT2D eigenvalue weighted by atomic mass is 32.2. The number of halogens is 3. The van der Waals surface area contributed by atoms with E-state index >= 15 is 0 Å². The normalized spacial score (nSPS) is 15.9. The highest BCUT2D eigenvalue weighted by Gasteiger charge is 2.37. The molecule has 11 heteroatoms. The lowest BCUT2D eigenvalue weighted by Gasteiger charge is -2.31. The van der Waals surface area contributed by atoms with Crippen molar-refractivity contribution in [3.63, 3.8) is 0 Å². The van der Waals surface area contributed by atoms with Gasteiger partial charge in [-0.05, 0) is 88.6 Å². The van der Waals surface area contributed by atoms with E-state index in [2.05, 4.69) is 49.1 Å². The van der Waals surface area contributed by atoms with Crippen molar-refractivity contribution in [2.45, 2.75) is 42.1 Å². The zero-order valence-electron chi connectivity index (χ0n) is 23.7. The molecule has 1 amide bonds. The van der Waals surface area contributed by atoms with Crippen molar-refractivity contribution in [1.82, 2.24) is 9.62 Å². The minimum absolute atomic E-state index is 0.140. The van der Waals surface area contributed by atoms with E-state index < -0.39 is 23.1 Å². The number of anilines is 1. The van der Waals surface area contributed by atoms with E-state index in [0.29, 0.717) is 13.2 Å². The van der Waals surface area contributed by atoms with Gasteiger partial charge in [-0.1, -0.05) is 13.3 Å². The molecule has 0 aromatic heterocycles. The van der Waals surface area contributed by atoms with Crippen molar-refractivity contribution in [3.8, 4) is 0 Å². The highest BCUT2D eigenvalue weighted by molar-refractivity contribution is 7.98. The lowest BCUT2D eigenvalue weighted by molar-refractivity contribution is -0.171. The maximum absolute atomic E-state index is 13.6. The summed E-state index contributed by atoms with van der Waals surface area (Å²) in [7, 11) is 5.64. The predicted molar refractivity (Wildman–Crippen MR) is 158 cm³/mol. The Morgan fingerprint density at radius 1 is 1.08 bits per heavy atom. The molecule has 1 heterocycles. The molecule has 6 nitrogen and oxygen atoms in total. The number of hydrogen-bond donors (Lipinski definition) is 2. The minimum atomic E-state index is -1.09. The van der Waals surface area contributed by atoms with Crippen LogP contribution in [0.2, 0.25) is 0 Å². The van der Waals surface area contributed by atoms with Crippen molar-refractivity contribution in [2.75, 3.05) is 59.1 Å². The van der Waals surface area contributed by atoms with Crippen molar-refractivity contribution in [1.29, 1.82) is 0 Å². The summed E-state index contributed by atoms with van der Waals surface area (Å²) in [5.41, 5.74) is -1.30. The van der Waals surface area contributed by atoms with Crippen LogP contribution in [0.1, 0.15) is 26.7 Å². The maximum Gasteiger partial charge on any atom is 0.264 e.